The van der Waals surface area contributed by atoms with Crippen LogP contribution in [0.1, 0.15) is 35.7 Å². The second-order valence-electron chi connectivity index (χ2n) is 7.98. The summed E-state index contributed by atoms with van der Waals surface area (Å²) in [4.78, 5) is 32.1. The largest absolute Gasteiger partial charge is 0.458 e. The van der Waals surface area contributed by atoms with Crippen molar-refractivity contribution in [3.05, 3.63) is 66.0 Å². The molecule has 2 fully saturated rings. The van der Waals surface area contributed by atoms with Crippen molar-refractivity contribution in [3.63, 3.8) is 0 Å². The number of rotatable bonds is 5. The molecule has 1 saturated heterocycles. The van der Waals surface area contributed by atoms with Gasteiger partial charge in [-0.25, -0.2) is 24.3 Å². The molecule has 0 radical (unpaired) electrons. The highest BCUT2D eigenvalue weighted by Crippen LogP contribution is 2.40. The van der Waals surface area contributed by atoms with Crippen LogP contribution in [0, 0.1) is 11.7 Å². The Hall–Kier alpha value is -3.42. The molecule has 1 aliphatic heterocycles. The molecule has 3 atom stereocenters. The molecular formula is C23H22FN5O2. The lowest BCUT2D eigenvalue weighted by molar-refractivity contribution is 0.0453. The van der Waals surface area contributed by atoms with Gasteiger partial charge >= 0.3 is 6.01 Å². The Balaban J connectivity index is 1.40. The first-order valence-electron chi connectivity index (χ1n) is 10.5. The van der Waals surface area contributed by atoms with Gasteiger partial charge in [0, 0.05) is 31.3 Å². The van der Waals surface area contributed by atoms with Crippen LogP contribution in [-0.2, 0) is 6.42 Å². The Labute approximate surface area is 179 Å². The van der Waals surface area contributed by atoms with Crippen molar-refractivity contribution in [2.75, 3.05) is 6.54 Å². The lowest BCUT2D eigenvalue weighted by Gasteiger charge is -2.33. The van der Waals surface area contributed by atoms with Crippen LogP contribution in [0.2, 0.25) is 0 Å². The Bertz CT molecular complexity index is 1090. The molecule has 31 heavy (non-hydrogen) atoms. The summed E-state index contributed by atoms with van der Waals surface area (Å²) < 4.78 is 20.8. The summed E-state index contributed by atoms with van der Waals surface area (Å²) >= 11 is 0. The summed E-state index contributed by atoms with van der Waals surface area (Å²) in [6.07, 6.45) is 8.98. The van der Waals surface area contributed by atoms with E-state index < -0.39 is 5.82 Å². The number of piperidine rings is 1. The quantitative estimate of drug-likeness (QED) is 0.631. The first-order valence-corrected chi connectivity index (χ1v) is 10.5. The van der Waals surface area contributed by atoms with Crippen LogP contribution in [0.5, 0.6) is 6.01 Å². The molecule has 7 nitrogen and oxygen atoms in total. The van der Waals surface area contributed by atoms with Gasteiger partial charge in [-0.3, -0.25) is 4.79 Å². The summed E-state index contributed by atoms with van der Waals surface area (Å²) in [7, 11) is 0. The second-order valence-corrected chi connectivity index (χ2v) is 7.98. The highest BCUT2D eigenvalue weighted by molar-refractivity contribution is 6.00. The first kappa shape index (κ1) is 19.5. The number of likely N-dealkylation sites (tertiary alicyclic amines) is 1. The van der Waals surface area contributed by atoms with E-state index in [9.17, 15) is 9.18 Å². The van der Waals surface area contributed by atoms with Gasteiger partial charge in [0.25, 0.3) is 5.91 Å². The highest BCUT2D eigenvalue weighted by atomic mass is 19.1. The number of hydrogen-bond acceptors (Lipinski definition) is 6. The molecule has 3 unspecified atom stereocenters. The van der Waals surface area contributed by atoms with Crippen LogP contribution >= 0.6 is 0 Å². The van der Waals surface area contributed by atoms with Gasteiger partial charge in [0.15, 0.2) is 5.82 Å². The highest BCUT2D eigenvalue weighted by Gasteiger charge is 2.49. The summed E-state index contributed by atoms with van der Waals surface area (Å²) in [5.74, 6) is -0.201. The van der Waals surface area contributed by atoms with Gasteiger partial charge in [-0.1, -0.05) is 13.0 Å². The standard InChI is InChI=1S/C23H22FN5O2/c1-2-14-11-27-23(28-12-14)31-19-10-15-9-18(19)29(13-15)22(30)16-5-3-6-17(24)20(16)21-25-7-4-8-26-21/h3-8,11-12,15,18-19H,2,9-10,13H2,1H3. The SMILES string of the molecule is CCc1cnc(OC2CC3CC2N(C(=O)c2cccc(F)c2-c2ncccn2)C3)nc1. The molecule has 1 saturated carbocycles. The van der Waals surface area contributed by atoms with Crippen molar-refractivity contribution < 1.29 is 13.9 Å². The van der Waals surface area contributed by atoms with Crippen molar-refractivity contribution in [3.8, 4) is 17.4 Å². The zero-order valence-electron chi connectivity index (χ0n) is 17.1. The van der Waals surface area contributed by atoms with E-state index in [0.717, 1.165) is 24.8 Å². The van der Waals surface area contributed by atoms with Gasteiger partial charge in [-0.05, 0) is 48.9 Å². The third kappa shape index (κ3) is 3.62. The molecule has 3 heterocycles. The third-order valence-electron chi connectivity index (χ3n) is 6.07. The normalized spacial score (nSPS) is 22.0. The Kier molecular flexibility index (Phi) is 5.05. The minimum absolute atomic E-state index is 0.0974. The Morgan fingerprint density at radius 3 is 2.61 bits per heavy atom. The number of fused-ring (bicyclic) bond motifs is 2. The fourth-order valence-corrected chi connectivity index (χ4v) is 4.56. The van der Waals surface area contributed by atoms with E-state index in [1.807, 2.05) is 6.92 Å². The molecule has 0 spiro atoms. The molecule has 1 aliphatic carbocycles. The number of carbonyl (C=O) groups is 1. The van der Waals surface area contributed by atoms with Crippen molar-refractivity contribution >= 4 is 5.91 Å². The molecule has 8 heteroatoms. The number of amides is 1. The maximum Gasteiger partial charge on any atom is 0.316 e. The minimum atomic E-state index is -0.515. The average molecular weight is 419 g/mol. The van der Waals surface area contributed by atoms with Crippen LogP contribution in [0.15, 0.2) is 49.1 Å². The molecule has 0 N–H and O–H groups in total. The van der Waals surface area contributed by atoms with Gasteiger partial charge in [0.2, 0.25) is 0 Å². The van der Waals surface area contributed by atoms with Crippen LogP contribution in [0.3, 0.4) is 0 Å². The van der Waals surface area contributed by atoms with Gasteiger partial charge in [0.05, 0.1) is 17.2 Å². The molecule has 5 rings (SSSR count). The summed E-state index contributed by atoms with van der Waals surface area (Å²) in [5, 5.41) is 0. The molecule has 2 aromatic heterocycles. The average Bonchev–Trinajstić information content (AvgIpc) is 3.40. The van der Waals surface area contributed by atoms with Crippen LogP contribution < -0.4 is 4.74 Å². The van der Waals surface area contributed by atoms with Crippen molar-refractivity contribution in [2.24, 2.45) is 5.92 Å². The van der Waals surface area contributed by atoms with Crippen LogP contribution in [-0.4, -0.2) is 49.4 Å². The fourth-order valence-electron chi connectivity index (χ4n) is 4.56. The molecular weight excluding hydrogens is 397 g/mol. The van der Waals surface area contributed by atoms with E-state index in [2.05, 4.69) is 19.9 Å². The predicted octanol–water partition coefficient (Wildman–Crippen LogP) is 3.32. The van der Waals surface area contributed by atoms with E-state index >= 15 is 0 Å². The topological polar surface area (TPSA) is 81.1 Å². The van der Waals surface area contributed by atoms with Gasteiger partial charge in [-0.15, -0.1) is 0 Å². The van der Waals surface area contributed by atoms with Crippen molar-refractivity contribution in [1.29, 1.82) is 0 Å². The van der Waals surface area contributed by atoms with Gasteiger partial charge in [-0.2, -0.15) is 0 Å². The second kappa shape index (κ2) is 8.02. The molecule has 2 bridgehead atoms. The van der Waals surface area contributed by atoms with E-state index in [-0.39, 0.29) is 35.0 Å². The van der Waals surface area contributed by atoms with Crippen molar-refractivity contribution in [2.45, 2.75) is 38.3 Å². The minimum Gasteiger partial charge on any atom is -0.458 e. The first-order chi connectivity index (χ1) is 15.1. The van der Waals surface area contributed by atoms with E-state index in [4.69, 9.17) is 4.74 Å². The summed E-state index contributed by atoms with van der Waals surface area (Å²) in [5.41, 5.74) is 1.44. The monoisotopic (exact) mass is 419 g/mol. The molecule has 1 amide bonds. The number of ether oxygens (including phenoxy) is 1. The number of halogens is 1. The van der Waals surface area contributed by atoms with Gasteiger partial charge in [0.1, 0.15) is 11.9 Å². The number of aromatic nitrogens is 4. The molecule has 158 valence electrons. The summed E-state index contributed by atoms with van der Waals surface area (Å²) in [6, 6.07) is 6.38. The van der Waals surface area contributed by atoms with E-state index in [1.54, 1.807) is 35.5 Å². The number of carbonyl (C=O) groups excluding carboxylic acids is 1. The fraction of sp³-hybridized carbons (Fsp3) is 0.348. The number of hydrogen-bond donors (Lipinski definition) is 0. The number of benzene rings is 1. The zero-order valence-corrected chi connectivity index (χ0v) is 17.1. The lowest BCUT2D eigenvalue weighted by atomic mass is 10.0. The van der Waals surface area contributed by atoms with E-state index in [0.29, 0.717) is 18.5 Å². The Morgan fingerprint density at radius 2 is 1.90 bits per heavy atom. The maximum atomic E-state index is 14.7. The predicted molar refractivity (Wildman–Crippen MR) is 111 cm³/mol. The Morgan fingerprint density at radius 1 is 1.13 bits per heavy atom. The summed E-state index contributed by atoms with van der Waals surface area (Å²) in [6.45, 7) is 2.67. The van der Waals surface area contributed by atoms with Crippen LogP contribution in [0.25, 0.3) is 11.4 Å². The number of nitrogens with zero attached hydrogens (tertiary/aromatic N) is 5. The zero-order chi connectivity index (χ0) is 21.4. The number of aryl methyl sites for hydroxylation is 1. The maximum absolute atomic E-state index is 14.7. The van der Waals surface area contributed by atoms with Crippen molar-refractivity contribution in [1.82, 2.24) is 24.8 Å². The third-order valence-corrected chi connectivity index (χ3v) is 6.07. The van der Waals surface area contributed by atoms with E-state index in [1.165, 1.54) is 18.5 Å². The molecule has 1 aromatic carbocycles. The lowest BCUT2D eigenvalue weighted by Crippen LogP contribution is -2.47. The molecule has 3 aromatic rings. The molecule has 2 aliphatic rings. The van der Waals surface area contributed by atoms with Crippen LogP contribution in [0.4, 0.5) is 4.39 Å². The smallest absolute Gasteiger partial charge is 0.316 e. The van der Waals surface area contributed by atoms with Gasteiger partial charge < -0.3 is 9.64 Å².